The molecule has 1 amide bonds. The second kappa shape index (κ2) is 8.11. The fraction of sp³-hybridized carbons (Fsp3) is 0.462. The van der Waals surface area contributed by atoms with E-state index in [9.17, 15) is 13.2 Å². The highest BCUT2D eigenvalue weighted by atomic mass is 35.5. The van der Waals surface area contributed by atoms with Gasteiger partial charge in [-0.2, -0.15) is 0 Å². The van der Waals surface area contributed by atoms with Crippen molar-refractivity contribution in [3.8, 4) is 0 Å². The summed E-state index contributed by atoms with van der Waals surface area (Å²) in [6, 6.07) is 6.02. The summed E-state index contributed by atoms with van der Waals surface area (Å²) in [6.07, 6.45) is 2.98. The lowest BCUT2D eigenvalue weighted by Crippen LogP contribution is -2.36. The normalized spacial score (nSPS) is 12.7. The van der Waals surface area contributed by atoms with E-state index in [0.717, 1.165) is 12.8 Å². The van der Waals surface area contributed by atoms with Crippen molar-refractivity contribution in [1.29, 1.82) is 0 Å². The van der Waals surface area contributed by atoms with Crippen molar-refractivity contribution in [3.63, 3.8) is 0 Å². The molecule has 1 atom stereocenters. The minimum Gasteiger partial charge on any atom is -0.355 e. The van der Waals surface area contributed by atoms with Crippen LogP contribution in [-0.2, 0) is 14.8 Å². The van der Waals surface area contributed by atoms with Crippen molar-refractivity contribution < 1.29 is 13.2 Å². The molecule has 1 aromatic carbocycles. The van der Waals surface area contributed by atoms with Crippen LogP contribution < -0.4 is 10.0 Å². The largest absolute Gasteiger partial charge is 0.355 e. The Balaban J connectivity index is 2.66. The van der Waals surface area contributed by atoms with E-state index in [-0.39, 0.29) is 11.8 Å². The zero-order chi connectivity index (χ0) is 15.0. The van der Waals surface area contributed by atoms with E-state index in [0.29, 0.717) is 23.5 Å². The molecule has 112 valence electrons. The molecule has 0 saturated heterocycles. The summed E-state index contributed by atoms with van der Waals surface area (Å²) in [5.74, 6) is -0.144. The number of rotatable bonds is 9. The number of carbonyl (C=O) groups excluding carboxylic acids is 1. The number of hydrogen-bond acceptors (Lipinski definition) is 3. The molecule has 7 heteroatoms. The van der Waals surface area contributed by atoms with Crippen LogP contribution in [0, 0.1) is 0 Å². The third kappa shape index (κ3) is 6.25. The second-order valence-corrected chi connectivity index (χ2v) is 6.72. The van der Waals surface area contributed by atoms with Crippen molar-refractivity contribution in [2.75, 3.05) is 10.5 Å². The lowest BCUT2D eigenvalue weighted by atomic mass is 10.1. The number of unbranched alkanes of at least 4 members (excludes halogenated alkanes) is 1. The molecule has 0 spiro atoms. The Bertz CT molecular complexity index is 517. The summed E-state index contributed by atoms with van der Waals surface area (Å²) >= 11 is 5.74. The number of anilines is 1. The molecular formula is C13H19ClN2O3S. The van der Waals surface area contributed by atoms with Crippen molar-refractivity contribution >= 4 is 33.7 Å². The van der Waals surface area contributed by atoms with Gasteiger partial charge in [-0.05, 0) is 30.7 Å². The van der Waals surface area contributed by atoms with Gasteiger partial charge in [-0.15, -0.1) is 0 Å². The van der Waals surface area contributed by atoms with Gasteiger partial charge in [0.15, 0.2) is 0 Å². The first-order valence-corrected chi connectivity index (χ1v) is 8.45. The van der Waals surface area contributed by atoms with Crippen LogP contribution in [0.15, 0.2) is 24.3 Å². The fourth-order valence-corrected chi connectivity index (χ4v) is 3.26. The van der Waals surface area contributed by atoms with Crippen LogP contribution >= 0.6 is 11.6 Å². The first kappa shape index (κ1) is 16.8. The highest BCUT2D eigenvalue weighted by Gasteiger charge is 2.18. The summed E-state index contributed by atoms with van der Waals surface area (Å²) in [7, 11) is -3.51. The van der Waals surface area contributed by atoms with Crippen LogP contribution in [0.4, 0.5) is 5.69 Å². The summed E-state index contributed by atoms with van der Waals surface area (Å²) in [4.78, 5) is 10.5. The predicted molar refractivity (Wildman–Crippen MR) is 81.4 cm³/mol. The van der Waals surface area contributed by atoms with E-state index < -0.39 is 10.0 Å². The topological polar surface area (TPSA) is 75.3 Å². The average Bonchev–Trinajstić information content (AvgIpc) is 2.38. The molecule has 1 aromatic rings. The van der Waals surface area contributed by atoms with Crippen LogP contribution in [-0.4, -0.2) is 26.6 Å². The lowest BCUT2D eigenvalue weighted by Gasteiger charge is -2.16. The Labute approximate surface area is 124 Å². The minimum atomic E-state index is -3.51. The standard InChI is InChI=1S/C13H19ClN2O3S/c1-2-3-4-13(15-10-17)9-20(18,19)16-12-7-5-11(14)6-8-12/h5-8,10,13,16H,2-4,9H2,1H3,(H,15,17). The number of sulfonamides is 1. The molecule has 1 rings (SSSR count). The Hall–Kier alpha value is -1.27. The maximum absolute atomic E-state index is 12.0. The first-order valence-electron chi connectivity index (χ1n) is 6.42. The van der Waals surface area contributed by atoms with E-state index in [1.54, 1.807) is 24.3 Å². The van der Waals surface area contributed by atoms with E-state index in [1.807, 2.05) is 6.92 Å². The summed E-state index contributed by atoms with van der Waals surface area (Å²) in [6.45, 7) is 2.01. The van der Waals surface area contributed by atoms with Crippen molar-refractivity contribution in [1.82, 2.24) is 5.32 Å². The number of halogens is 1. The maximum atomic E-state index is 12.0. The maximum Gasteiger partial charge on any atom is 0.234 e. The summed E-state index contributed by atoms with van der Waals surface area (Å²) in [5.41, 5.74) is 0.453. The molecule has 0 bridgehead atoms. The molecule has 1 unspecified atom stereocenters. The molecule has 5 nitrogen and oxygen atoms in total. The summed E-state index contributed by atoms with van der Waals surface area (Å²) < 4.78 is 26.5. The molecule has 0 heterocycles. The van der Waals surface area contributed by atoms with Gasteiger partial charge in [0, 0.05) is 16.8 Å². The minimum absolute atomic E-state index is 0.144. The zero-order valence-electron chi connectivity index (χ0n) is 11.3. The molecule has 0 aliphatic heterocycles. The number of carbonyl (C=O) groups is 1. The fourth-order valence-electron chi connectivity index (χ4n) is 1.77. The van der Waals surface area contributed by atoms with Gasteiger partial charge in [0.2, 0.25) is 16.4 Å². The third-order valence-corrected chi connectivity index (χ3v) is 4.39. The molecule has 2 N–H and O–H groups in total. The van der Waals surface area contributed by atoms with Crippen LogP contribution in [0.1, 0.15) is 26.2 Å². The van der Waals surface area contributed by atoms with E-state index in [1.165, 1.54) is 0 Å². The van der Waals surface area contributed by atoms with Crippen LogP contribution in [0.5, 0.6) is 0 Å². The Morgan fingerprint density at radius 3 is 2.50 bits per heavy atom. The van der Waals surface area contributed by atoms with Gasteiger partial charge in [0.1, 0.15) is 0 Å². The number of hydrogen-bond donors (Lipinski definition) is 2. The molecule has 0 saturated carbocycles. The molecule has 0 aliphatic rings. The van der Waals surface area contributed by atoms with Gasteiger partial charge in [0.05, 0.1) is 5.75 Å². The SMILES string of the molecule is CCCCC(CS(=O)(=O)Nc1ccc(Cl)cc1)NC=O. The Morgan fingerprint density at radius 2 is 1.95 bits per heavy atom. The Morgan fingerprint density at radius 1 is 1.30 bits per heavy atom. The van der Waals surface area contributed by atoms with Gasteiger partial charge >= 0.3 is 0 Å². The van der Waals surface area contributed by atoms with Crippen LogP contribution in [0.25, 0.3) is 0 Å². The van der Waals surface area contributed by atoms with Crippen LogP contribution in [0.2, 0.25) is 5.02 Å². The molecule has 0 aliphatic carbocycles. The molecular weight excluding hydrogens is 300 g/mol. The highest BCUT2D eigenvalue weighted by Crippen LogP contribution is 2.15. The third-order valence-electron chi connectivity index (χ3n) is 2.75. The smallest absolute Gasteiger partial charge is 0.234 e. The van der Waals surface area contributed by atoms with Gasteiger partial charge < -0.3 is 5.32 Å². The van der Waals surface area contributed by atoms with Crippen molar-refractivity contribution in [2.24, 2.45) is 0 Å². The van der Waals surface area contributed by atoms with Crippen molar-refractivity contribution in [3.05, 3.63) is 29.3 Å². The highest BCUT2D eigenvalue weighted by molar-refractivity contribution is 7.92. The molecule has 20 heavy (non-hydrogen) atoms. The van der Waals surface area contributed by atoms with Crippen molar-refractivity contribution in [2.45, 2.75) is 32.2 Å². The van der Waals surface area contributed by atoms with Gasteiger partial charge in [-0.3, -0.25) is 9.52 Å². The van der Waals surface area contributed by atoms with E-state index >= 15 is 0 Å². The number of nitrogens with one attached hydrogen (secondary N) is 2. The first-order chi connectivity index (χ1) is 9.46. The van der Waals surface area contributed by atoms with Gasteiger partial charge in [-0.1, -0.05) is 31.4 Å². The second-order valence-electron chi connectivity index (χ2n) is 4.51. The molecule has 0 radical (unpaired) electrons. The average molecular weight is 319 g/mol. The lowest BCUT2D eigenvalue weighted by molar-refractivity contribution is -0.110. The monoisotopic (exact) mass is 318 g/mol. The number of amides is 1. The van der Waals surface area contributed by atoms with E-state index in [2.05, 4.69) is 10.0 Å². The van der Waals surface area contributed by atoms with Crippen LogP contribution in [0.3, 0.4) is 0 Å². The summed E-state index contributed by atoms with van der Waals surface area (Å²) in [5, 5.41) is 3.09. The quantitative estimate of drug-likeness (QED) is 0.686. The molecule has 0 fully saturated rings. The van der Waals surface area contributed by atoms with E-state index in [4.69, 9.17) is 11.6 Å². The van der Waals surface area contributed by atoms with Gasteiger partial charge in [0.25, 0.3) is 0 Å². The van der Waals surface area contributed by atoms with Gasteiger partial charge in [-0.25, -0.2) is 8.42 Å². The predicted octanol–water partition coefficient (Wildman–Crippen LogP) is 2.39. The Kier molecular flexibility index (Phi) is 6.81. The zero-order valence-corrected chi connectivity index (χ0v) is 12.9. The number of benzene rings is 1. The molecule has 0 aromatic heterocycles.